The van der Waals surface area contributed by atoms with Crippen molar-refractivity contribution in [2.45, 2.75) is 23.7 Å². The Morgan fingerprint density at radius 2 is 2.39 bits per heavy atom. The lowest BCUT2D eigenvalue weighted by Gasteiger charge is -2.13. The third-order valence-corrected chi connectivity index (χ3v) is 5.28. The van der Waals surface area contributed by atoms with Crippen LogP contribution < -0.4 is 10.5 Å². The molecule has 3 N–H and O–H groups in total. The molecule has 2 heterocycles. The molecule has 0 fully saturated rings. The maximum absolute atomic E-state index is 12.0. The Balaban J connectivity index is 2.04. The van der Waals surface area contributed by atoms with E-state index in [1.54, 1.807) is 35.4 Å². The first-order chi connectivity index (χ1) is 8.47. The molecule has 0 aromatic carbocycles. The van der Waals surface area contributed by atoms with Crippen LogP contribution >= 0.6 is 11.3 Å². The van der Waals surface area contributed by atoms with Crippen LogP contribution in [0.2, 0.25) is 0 Å². The highest BCUT2D eigenvalue weighted by molar-refractivity contribution is 7.91. The van der Waals surface area contributed by atoms with Crippen LogP contribution in [-0.2, 0) is 16.6 Å². The van der Waals surface area contributed by atoms with E-state index in [-0.39, 0.29) is 10.3 Å². The standard InChI is InChI=1S/C10H14N4O2S2/c1-8(6-14-4-2-3-12-14)13-18(15,16)10-5-9(11)7-17-10/h2-5,7-8,13H,6,11H2,1H3. The third kappa shape index (κ3) is 3.09. The predicted molar refractivity (Wildman–Crippen MR) is 70.7 cm³/mol. The molecule has 0 aliphatic carbocycles. The zero-order valence-corrected chi connectivity index (χ0v) is 11.4. The Labute approximate surface area is 109 Å². The molecule has 0 saturated carbocycles. The van der Waals surface area contributed by atoms with Crippen molar-refractivity contribution in [1.29, 1.82) is 0 Å². The van der Waals surface area contributed by atoms with Gasteiger partial charge in [0.2, 0.25) is 10.0 Å². The summed E-state index contributed by atoms with van der Waals surface area (Å²) in [6.07, 6.45) is 3.44. The molecule has 0 saturated heterocycles. The lowest BCUT2D eigenvalue weighted by atomic mass is 10.4. The van der Waals surface area contributed by atoms with Gasteiger partial charge in [0.05, 0.1) is 6.54 Å². The summed E-state index contributed by atoms with van der Waals surface area (Å²) in [4.78, 5) is 0. The van der Waals surface area contributed by atoms with Gasteiger partial charge in [0.1, 0.15) is 4.21 Å². The first-order valence-corrected chi connectivity index (χ1v) is 7.67. The molecule has 0 aliphatic heterocycles. The number of anilines is 1. The first-order valence-electron chi connectivity index (χ1n) is 5.31. The third-order valence-electron chi connectivity index (χ3n) is 2.24. The number of nitrogens with zero attached hydrogens (tertiary/aromatic N) is 2. The molecule has 2 rings (SSSR count). The van der Waals surface area contributed by atoms with Crippen molar-refractivity contribution in [3.8, 4) is 0 Å². The van der Waals surface area contributed by atoms with Crippen molar-refractivity contribution in [3.05, 3.63) is 29.9 Å². The fraction of sp³-hybridized carbons (Fsp3) is 0.300. The first kappa shape index (κ1) is 13.1. The fourth-order valence-electron chi connectivity index (χ4n) is 1.52. The number of nitrogen functional groups attached to an aromatic ring is 1. The van der Waals surface area contributed by atoms with Crippen molar-refractivity contribution in [2.24, 2.45) is 0 Å². The van der Waals surface area contributed by atoms with Crippen LogP contribution in [0.15, 0.2) is 34.1 Å². The van der Waals surface area contributed by atoms with Gasteiger partial charge in [-0.2, -0.15) is 5.10 Å². The van der Waals surface area contributed by atoms with Gasteiger partial charge in [-0.25, -0.2) is 13.1 Å². The van der Waals surface area contributed by atoms with Crippen molar-refractivity contribution in [1.82, 2.24) is 14.5 Å². The number of sulfonamides is 1. The van der Waals surface area contributed by atoms with E-state index >= 15 is 0 Å². The molecular weight excluding hydrogens is 272 g/mol. The van der Waals surface area contributed by atoms with Crippen LogP contribution in [0.5, 0.6) is 0 Å². The van der Waals surface area contributed by atoms with E-state index in [1.165, 1.54) is 6.07 Å². The van der Waals surface area contributed by atoms with Gasteiger partial charge >= 0.3 is 0 Å². The number of hydrogen-bond acceptors (Lipinski definition) is 5. The minimum absolute atomic E-state index is 0.229. The number of hydrogen-bond donors (Lipinski definition) is 2. The topological polar surface area (TPSA) is 90.0 Å². The molecule has 0 spiro atoms. The van der Waals surface area contributed by atoms with Crippen molar-refractivity contribution < 1.29 is 8.42 Å². The molecular formula is C10H14N4O2S2. The quantitative estimate of drug-likeness (QED) is 0.854. The average Bonchev–Trinajstić information content (AvgIpc) is 2.88. The molecule has 0 radical (unpaired) electrons. The van der Waals surface area contributed by atoms with E-state index in [0.717, 1.165) is 11.3 Å². The highest BCUT2D eigenvalue weighted by Crippen LogP contribution is 2.21. The molecule has 98 valence electrons. The summed E-state index contributed by atoms with van der Waals surface area (Å²) in [7, 11) is -3.49. The van der Waals surface area contributed by atoms with E-state index in [1.807, 2.05) is 0 Å². The predicted octanol–water partition coefficient (Wildman–Crippen LogP) is 0.894. The van der Waals surface area contributed by atoms with Crippen molar-refractivity contribution >= 4 is 27.0 Å². The zero-order chi connectivity index (χ0) is 13.2. The lowest BCUT2D eigenvalue weighted by Crippen LogP contribution is -2.35. The summed E-state index contributed by atoms with van der Waals surface area (Å²) >= 11 is 1.11. The second-order valence-electron chi connectivity index (χ2n) is 3.95. The molecule has 1 unspecified atom stereocenters. The Morgan fingerprint density at radius 3 is 2.94 bits per heavy atom. The monoisotopic (exact) mass is 286 g/mol. The van der Waals surface area contributed by atoms with Gasteiger partial charge in [0.15, 0.2) is 0 Å². The van der Waals surface area contributed by atoms with Crippen LogP contribution in [0.3, 0.4) is 0 Å². The van der Waals surface area contributed by atoms with Crippen LogP contribution in [-0.4, -0.2) is 24.2 Å². The molecule has 8 heteroatoms. The molecule has 0 amide bonds. The largest absolute Gasteiger partial charge is 0.398 e. The van der Waals surface area contributed by atoms with Crippen molar-refractivity contribution in [3.63, 3.8) is 0 Å². The second-order valence-corrected chi connectivity index (χ2v) is 6.80. The molecule has 18 heavy (non-hydrogen) atoms. The SMILES string of the molecule is CC(Cn1cccn1)NS(=O)(=O)c1cc(N)cs1. The van der Waals surface area contributed by atoms with Crippen LogP contribution in [0, 0.1) is 0 Å². The molecule has 0 aliphatic rings. The van der Waals surface area contributed by atoms with Crippen molar-refractivity contribution in [2.75, 3.05) is 5.73 Å². The molecule has 6 nitrogen and oxygen atoms in total. The van der Waals surface area contributed by atoms with Gasteiger partial charge in [0.25, 0.3) is 0 Å². The summed E-state index contributed by atoms with van der Waals surface area (Å²) in [5, 5.41) is 5.63. The van der Waals surface area contributed by atoms with Crippen LogP contribution in [0.25, 0.3) is 0 Å². The molecule has 2 aromatic rings. The Kier molecular flexibility index (Phi) is 3.69. The maximum Gasteiger partial charge on any atom is 0.250 e. The smallest absolute Gasteiger partial charge is 0.250 e. The summed E-state index contributed by atoms with van der Waals surface area (Å²) < 4.78 is 28.5. The number of nitrogens with one attached hydrogen (secondary N) is 1. The van der Waals surface area contributed by atoms with E-state index in [2.05, 4.69) is 9.82 Å². The average molecular weight is 286 g/mol. The highest BCUT2D eigenvalue weighted by atomic mass is 32.2. The van der Waals surface area contributed by atoms with Gasteiger partial charge in [-0.05, 0) is 19.1 Å². The van der Waals surface area contributed by atoms with E-state index in [0.29, 0.717) is 12.2 Å². The Hall–Kier alpha value is -1.38. The summed E-state index contributed by atoms with van der Waals surface area (Å²) in [6.45, 7) is 2.27. The summed E-state index contributed by atoms with van der Waals surface area (Å²) in [5.74, 6) is 0. The highest BCUT2D eigenvalue weighted by Gasteiger charge is 2.19. The summed E-state index contributed by atoms with van der Waals surface area (Å²) in [5.41, 5.74) is 5.98. The van der Waals surface area contributed by atoms with Gasteiger partial charge in [0, 0.05) is 29.5 Å². The minimum Gasteiger partial charge on any atom is -0.398 e. The Morgan fingerprint density at radius 1 is 1.61 bits per heavy atom. The number of thiophene rings is 1. The van der Waals surface area contributed by atoms with Gasteiger partial charge in [-0.1, -0.05) is 0 Å². The number of aromatic nitrogens is 2. The van der Waals surface area contributed by atoms with Gasteiger partial charge in [-0.3, -0.25) is 4.68 Å². The van der Waals surface area contributed by atoms with Gasteiger partial charge < -0.3 is 5.73 Å². The van der Waals surface area contributed by atoms with Gasteiger partial charge in [-0.15, -0.1) is 11.3 Å². The van der Waals surface area contributed by atoms with Crippen LogP contribution in [0.1, 0.15) is 6.92 Å². The molecule has 1 atom stereocenters. The minimum atomic E-state index is -3.49. The lowest BCUT2D eigenvalue weighted by molar-refractivity contribution is 0.494. The zero-order valence-electron chi connectivity index (χ0n) is 9.78. The molecule has 0 bridgehead atoms. The fourth-order valence-corrected chi connectivity index (χ4v) is 3.85. The second kappa shape index (κ2) is 5.09. The number of rotatable bonds is 5. The maximum atomic E-state index is 12.0. The van der Waals surface area contributed by atoms with E-state index in [9.17, 15) is 8.42 Å². The Bertz CT molecular complexity index is 604. The van der Waals surface area contributed by atoms with Crippen LogP contribution in [0.4, 0.5) is 5.69 Å². The van der Waals surface area contributed by atoms with E-state index < -0.39 is 10.0 Å². The normalized spacial score (nSPS) is 13.6. The number of nitrogens with two attached hydrogens (primary N) is 1. The summed E-state index contributed by atoms with van der Waals surface area (Å²) in [6, 6.07) is 2.99. The molecule has 2 aromatic heterocycles. The van der Waals surface area contributed by atoms with E-state index in [4.69, 9.17) is 5.73 Å².